The third kappa shape index (κ3) is 2.59. The van der Waals surface area contributed by atoms with Crippen LogP contribution in [0, 0.1) is 0 Å². The first-order chi connectivity index (χ1) is 12.1. The molecule has 2 N–H and O–H groups in total. The van der Waals surface area contributed by atoms with E-state index in [1.165, 1.54) is 0 Å². The van der Waals surface area contributed by atoms with Crippen LogP contribution in [0.5, 0.6) is 0 Å². The van der Waals surface area contributed by atoms with Crippen molar-refractivity contribution in [1.82, 2.24) is 20.4 Å². The quantitative estimate of drug-likeness (QED) is 0.753. The highest BCUT2D eigenvalue weighted by molar-refractivity contribution is 6.09. The fourth-order valence-electron chi connectivity index (χ4n) is 4.06. The third-order valence-corrected chi connectivity index (χ3v) is 5.41. The summed E-state index contributed by atoms with van der Waals surface area (Å²) in [4.78, 5) is 40.9. The van der Waals surface area contributed by atoms with Crippen LogP contribution in [0.4, 0.5) is 4.79 Å². The lowest BCUT2D eigenvalue weighted by Gasteiger charge is -2.24. The minimum atomic E-state index is -0.992. The second-order valence-corrected chi connectivity index (χ2v) is 6.87. The summed E-state index contributed by atoms with van der Waals surface area (Å²) in [6, 6.07) is 7.23. The van der Waals surface area contributed by atoms with E-state index in [0.717, 1.165) is 42.0 Å². The topological polar surface area (TPSA) is 81.8 Å². The number of rotatable bonds is 2. The van der Waals surface area contributed by atoms with Crippen molar-refractivity contribution in [1.29, 1.82) is 0 Å². The Kier molecular flexibility index (Phi) is 3.95. The summed E-state index contributed by atoms with van der Waals surface area (Å²) in [5.74, 6) is -0.473. The van der Waals surface area contributed by atoms with Crippen LogP contribution in [0.3, 0.4) is 0 Å². The minimum Gasteiger partial charge on any atom is -0.340 e. The molecule has 1 atom stereocenters. The van der Waals surface area contributed by atoms with Gasteiger partial charge in [0, 0.05) is 19.6 Å². The highest BCUT2D eigenvalue weighted by Gasteiger charge is 2.55. The first-order valence-corrected chi connectivity index (χ1v) is 8.83. The van der Waals surface area contributed by atoms with Crippen molar-refractivity contribution in [2.75, 3.05) is 32.7 Å². The van der Waals surface area contributed by atoms with Gasteiger partial charge in [0.2, 0.25) is 5.91 Å². The van der Waals surface area contributed by atoms with Crippen molar-refractivity contribution in [2.24, 2.45) is 0 Å². The van der Waals surface area contributed by atoms with Gasteiger partial charge in [-0.1, -0.05) is 24.3 Å². The molecule has 2 heterocycles. The normalized spacial score (nSPS) is 25.9. The van der Waals surface area contributed by atoms with Gasteiger partial charge in [0.05, 0.1) is 0 Å². The Morgan fingerprint density at radius 3 is 2.88 bits per heavy atom. The Balaban J connectivity index is 1.53. The maximum absolute atomic E-state index is 13.0. The number of amides is 4. The van der Waals surface area contributed by atoms with Crippen molar-refractivity contribution < 1.29 is 14.4 Å². The summed E-state index contributed by atoms with van der Waals surface area (Å²) in [7, 11) is 0. The van der Waals surface area contributed by atoms with Crippen LogP contribution in [0.25, 0.3) is 0 Å². The van der Waals surface area contributed by atoms with Crippen molar-refractivity contribution in [3.05, 3.63) is 35.4 Å². The summed E-state index contributed by atoms with van der Waals surface area (Å²) in [6.07, 6.45) is 2.18. The number of nitrogens with zero attached hydrogens (tertiary/aromatic N) is 2. The third-order valence-electron chi connectivity index (χ3n) is 5.41. The van der Waals surface area contributed by atoms with Crippen LogP contribution in [-0.2, 0) is 21.5 Å². The number of hydrogen-bond acceptors (Lipinski definition) is 4. The van der Waals surface area contributed by atoms with Crippen molar-refractivity contribution in [3.63, 3.8) is 0 Å². The molecule has 2 aliphatic heterocycles. The van der Waals surface area contributed by atoms with E-state index in [9.17, 15) is 14.4 Å². The molecule has 4 rings (SSSR count). The largest absolute Gasteiger partial charge is 0.340 e. The number of fused-ring (bicyclic) bond motifs is 2. The first kappa shape index (κ1) is 16.1. The molecule has 2 fully saturated rings. The lowest BCUT2D eigenvalue weighted by atomic mass is 9.92. The molecule has 4 amide bonds. The molecular weight excluding hydrogens is 320 g/mol. The maximum atomic E-state index is 13.0. The molecule has 2 saturated heterocycles. The zero-order valence-electron chi connectivity index (χ0n) is 14.1. The number of nitrogens with one attached hydrogen (secondary N) is 2. The van der Waals surface area contributed by atoms with Crippen LogP contribution < -0.4 is 10.6 Å². The van der Waals surface area contributed by atoms with E-state index in [-0.39, 0.29) is 18.4 Å². The molecule has 1 spiro atoms. The molecule has 25 heavy (non-hydrogen) atoms. The number of imide groups is 1. The molecule has 0 bridgehead atoms. The van der Waals surface area contributed by atoms with Gasteiger partial charge < -0.3 is 15.5 Å². The van der Waals surface area contributed by atoms with Gasteiger partial charge in [-0.25, -0.2) is 4.79 Å². The van der Waals surface area contributed by atoms with Gasteiger partial charge in [-0.3, -0.25) is 14.5 Å². The SMILES string of the molecule is O=C(CN1C(=O)NC2(CCc3ccccc32)C1=O)N1CCCNCC1. The van der Waals surface area contributed by atoms with Crippen LogP contribution in [0.1, 0.15) is 24.0 Å². The number of urea groups is 1. The van der Waals surface area contributed by atoms with E-state index in [2.05, 4.69) is 10.6 Å². The summed E-state index contributed by atoms with van der Waals surface area (Å²) in [6.45, 7) is 2.70. The number of carbonyl (C=O) groups is 3. The molecule has 0 aromatic heterocycles. The number of aryl methyl sites for hydroxylation is 1. The Morgan fingerprint density at radius 1 is 1.16 bits per heavy atom. The van der Waals surface area contributed by atoms with Crippen molar-refractivity contribution in [2.45, 2.75) is 24.8 Å². The summed E-state index contributed by atoms with van der Waals surface area (Å²) >= 11 is 0. The van der Waals surface area contributed by atoms with Gasteiger partial charge in [0.1, 0.15) is 12.1 Å². The highest BCUT2D eigenvalue weighted by atomic mass is 16.2. The van der Waals surface area contributed by atoms with Crippen LogP contribution in [0.2, 0.25) is 0 Å². The first-order valence-electron chi connectivity index (χ1n) is 8.83. The molecule has 7 heteroatoms. The van der Waals surface area contributed by atoms with E-state index < -0.39 is 11.6 Å². The zero-order valence-corrected chi connectivity index (χ0v) is 14.1. The minimum absolute atomic E-state index is 0.171. The second-order valence-electron chi connectivity index (χ2n) is 6.87. The van der Waals surface area contributed by atoms with Crippen LogP contribution >= 0.6 is 0 Å². The smallest absolute Gasteiger partial charge is 0.325 e. The molecule has 132 valence electrons. The zero-order chi connectivity index (χ0) is 17.4. The number of benzene rings is 1. The molecule has 1 unspecified atom stereocenters. The molecule has 0 radical (unpaired) electrons. The van der Waals surface area contributed by atoms with E-state index in [4.69, 9.17) is 0 Å². The van der Waals surface area contributed by atoms with Gasteiger partial charge in [-0.05, 0) is 36.9 Å². The van der Waals surface area contributed by atoms with Crippen molar-refractivity contribution in [3.8, 4) is 0 Å². The predicted octanol–water partition coefficient (Wildman–Crippen LogP) is 0.202. The Hall–Kier alpha value is -2.41. The monoisotopic (exact) mass is 342 g/mol. The average Bonchev–Trinajstić information content (AvgIpc) is 2.94. The fourth-order valence-corrected chi connectivity index (χ4v) is 4.06. The summed E-state index contributed by atoms with van der Waals surface area (Å²) in [5.41, 5.74) is 0.957. The van der Waals surface area contributed by atoms with Crippen LogP contribution in [-0.4, -0.2) is 60.4 Å². The molecular formula is C18H22N4O3. The lowest BCUT2D eigenvalue weighted by molar-refractivity contribution is -0.139. The van der Waals surface area contributed by atoms with E-state index in [1.54, 1.807) is 4.90 Å². The van der Waals surface area contributed by atoms with Crippen molar-refractivity contribution >= 4 is 17.8 Å². The Morgan fingerprint density at radius 2 is 2.00 bits per heavy atom. The van der Waals surface area contributed by atoms with Crippen LogP contribution in [0.15, 0.2) is 24.3 Å². The van der Waals surface area contributed by atoms with Gasteiger partial charge in [-0.15, -0.1) is 0 Å². The van der Waals surface area contributed by atoms with Gasteiger partial charge >= 0.3 is 6.03 Å². The summed E-state index contributed by atoms with van der Waals surface area (Å²) in [5, 5.41) is 6.10. The van der Waals surface area contributed by atoms with E-state index in [0.29, 0.717) is 19.5 Å². The molecule has 7 nitrogen and oxygen atoms in total. The molecule has 0 saturated carbocycles. The molecule has 1 aromatic rings. The standard InChI is InChI=1S/C18H22N4O3/c23-15(21-10-3-8-19-9-11-21)12-22-16(24)18(20-17(22)25)7-6-13-4-1-2-5-14(13)18/h1-2,4-5,19H,3,6-12H2,(H,20,25). The Labute approximate surface area is 146 Å². The predicted molar refractivity (Wildman–Crippen MR) is 90.8 cm³/mol. The van der Waals surface area contributed by atoms with E-state index >= 15 is 0 Å². The maximum Gasteiger partial charge on any atom is 0.325 e. The lowest BCUT2D eigenvalue weighted by Crippen LogP contribution is -2.45. The van der Waals surface area contributed by atoms with Gasteiger partial charge in [0.15, 0.2) is 0 Å². The number of hydrogen-bond donors (Lipinski definition) is 2. The van der Waals surface area contributed by atoms with Gasteiger partial charge in [-0.2, -0.15) is 0 Å². The van der Waals surface area contributed by atoms with Gasteiger partial charge in [0.25, 0.3) is 5.91 Å². The number of carbonyl (C=O) groups excluding carboxylic acids is 3. The van der Waals surface area contributed by atoms with E-state index in [1.807, 2.05) is 24.3 Å². The highest BCUT2D eigenvalue weighted by Crippen LogP contribution is 2.41. The Bertz CT molecular complexity index is 727. The molecule has 3 aliphatic rings. The fraction of sp³-hybridized carbons (Fsp3) is 0.500. The molecule has 1 aromatic carbocycles. The average molecular weight is 342 g/mol. The second kappa shape index (κ2) is 6.15. The molecule has 1 aliphatic carbocycles. The summed E-state index contributed by atoms with van der Waals surface area (Å²) < 4.78 is 0.